The highest BCUT2D eigenvalue weighted by Gasteiger charge is 2.34. The second-order valence-electron chi connectivity index (χ2n) is 5.91. The standard InChI is InChI=1S/C17H26FNO/c1-2-17(13-20,15-11-7-8-12-16(15)18)19-14-9-5-3-4-6-10-14/h7-8,11-12,14,19-20H,2-6,9-10,13H2,1H3. The Morgan fingerprint density at radius 1 is 1.20 bits per heavy atom. The lowest BCUT2D eigenvalue weighted by Crippen LogP contribution is -2.50. The van der Waals surface area contributed by atoms with E-state index in [0.29, 0.717) is 18.0 Å². The van der Waals surface area contributed by atoms with Gasteiger partial charge in [0.05, 0.1) is 12.1 Å². The van der Waals surface area contributed by atoms with Crippen LogP contribution in [0.5, 0.6) is 0 Å². The zero-order valence-electron chi connectivity index (χ0n) is 12.4. The van der Waals surface area contributed by atoms with Crippen molar-refractivity contribution in [3.8, 4) is 0 Å². The molecule has 2 nitrogen and oxygen atoms in total. The topological polar surface area (TPSA) is 32.3 Å². The third-order valence-corrected chi connectivity index (χ3v) is 4.60. The molecule has 20 heavy (non-hydrogen) atoms. The van der Waals surface area contributed by atoms with Gasteiger partial charge in [-0.05, 0) is 25.3 Å². The van der Waals surface area contributed by atoms with Crippen molar-refractivity contribution in [2.24, 2.45) is 0 Å². The molecule has 112 valence electrons. The Bertz CT molecular complexity index is 409. The molecule has 0 amide bonds. The maximum atomic E-state index is 14.1. The lowest BCUT2D eigenvalue weighted by atomic mass is 9.86. The van der Waals surface area contributed by atoms with Crippen LogP contribution in [0.3, 0.4) is 0 Å². The smallest absolute Gasteiger partial charge is 0.128 e. The van der Waals surface area contributed by atoms with E-state index in [4.69, 9.17) is 0 Å². The van der Waals surface area contributed by atoms with Crippen molar-refractivity contribution in [1.29, 1.82) is 0 Å². The number of nitrogens with one attached hydrogen (secondary N) is 1. The first-order valence-electron chi connectivity index (χ1n) is 7.85. The molecule has 1 aliphatic rings. The summed E-state index contributed by atoms with van der Waals surface area (Å²) >= 11 is 0. The zero-order valence-corrected chi connectivity index (χ0v) is 12.4. The average Bonchev–Trinajstić information content (AvgIpc) is 2.74. The van der Waals surface area contributed by atoms with Crippen LogP contribution < -0.4 is 5.32 Å². The fourth-order valence-electron chi connectivity index (χ4n) is 3.28. The van der Waals surface area contributed by atoms with E-state index >= 15 is 0 Å². The highest BCUT2D eigenvalue weighted by Crippen LogP contribution is 2.30. The molecule has 1 unspecified atom stereocenters. The summed E-state index contributed by atoms with van der Waals surface area (Å²) in [5.74, 6) is -0.232. The summed E-state index contributed by atoms with van der Waals surface area (Å²) in [7, 11) is 0. The molecule has 0 spiro atoms. The Morgan fingerprint density at radius 3 is 2.40 bits per heavy atom. The summed E-state index contributed by atoms with van der Waals surface area (Å²) in [4.78, 5) is 0. The van der Waals surface area contributed by atoms with Gasteiger partial charge in [-0.3, -0.25) is 0 Å². The lowest BCUT2D eigenvalue weighted by molar-refractivity contribution is 0.134. The van der Waals surface area contributed by atoms with Gasteiger partial charge in [0.1, 0.15) is 5.82 Å². The molecule has 0 heterocycles. The monoisotopic (exact) mass is 279 g/mol. The van der Waals surface area contributed by atoms with Crippen molar-refractivity contribution in [2.45, 2.75) is 63.5 Å². The molecule has 2 N–H and O–H groups in total. The molecule has 3 heteroatoms. The van der Waals surface area contributed by atoms with E-state index in [0.717, 1.165) is 12.8 Å². The minimum Gasteiger partial charge on any atom is -0.394 e. The molecule has 0 saturated heterocycles. The van der Waals surface area contributed by atoms with Crippen LogP contribution >= 0.6 is 0 Å². The summed E-state index contributed by atoms with van der Waals surface area (Å²) in [6.45, 7) is 1.94. The van der Waals surface area contributed by atoms with E-state index in [1.807, 2.05) is 13.0 Å². The van der Waals surface area contributed by atoms with Crippen LogP contribution in [-0.2, 0) is 5.54 Å². The van der Waals surface area contributed by atoms with Crippen molar-refractivity contribution in [2.75, 3.05) is 6.61 Å². The molecule has 0 bridgehead atoms. The van der Waals surface area contributed by atoms with Gasteiger partial charge in [0.25, 0.3) is 0 Å². The minimum atomic E-state index is -0.652. The van der Waals surface area contributed by atoms with Gasteiger partial charge in [0, 0.05) is 11.6 Å². The van der Waals surface area contributed by atoms with Gasteiger partial charge in [-0.15, -0.1) is 0 Å². The van der Waals surface area contributed by atoms with E-state index in [2.05, 4.69) is 5.32 Å². The SMILES string of the molecule is CCC(CO)(NC1CCCCCC1)c1ccccc1F. The minimum absolute atomic E-state index is 0.0685. The van der Waals surface area contributed by atoms with E-state index in [9.17, 15) is 9.50 Å². The summed E-state index contributed by atoms with van der Waals surface area (Å²) in [5, 5.41) is 13.5. The third kappa shape index (κ3) is 3.39. The Morgan fingerprint density at radius 2 is 1.85 bits per heavy atom. The van der Waals surface area contributed by atoms with Gasteiger partial charge in [-0.2, -0.15) is 0 Å². The van der Waals surface area contributed by atoms with Gasteiger partial charge in [0.15, 0.2) is 0 Å². The largest absolute Gasteiger partial charge is 0.394 e. The number of hydrogen-bond donors (Lipinski definition) is 2. The highest BCUT2D eigenvalue weighted by atomic mass is 19.1. The van der Waals surface area contributed by atoms with Gasteiger partial charge in [-0.1, -0.05) is 50.8 Å². The molecule has 1 aromatic rings. The molecule has 0 aromatic heterocycles. The Labute approximate surface area is 121 Å². The van der Waals surface area contributed by atoms with Gasteiger partial charge >= 0.3 is 0 Å². The number of hydrogen-bond acceptors (Lipinski definition) is 2. The number of aliphatic hydroxyl groups is 1. The van der Waals surface area contributed by atoms with Crippen LogP contribution in [0.15, 0.2) is 24.3 Å². The van der Waals surface area contributed by atoms with Crippen LogP contribution in [0.1, 0.15) is 57.4 Å². The Balaban J connectivity index is 2.22. The van der Waals surface area contributed by atoms with Gasteiger partial charge in [-0.25, -0.2) is 4.39 Å². The Kier molecular flexibility index (Phi) is 5.55. The van der Waals surface area contributed by atoms with Crippen LogP contribution in [0, 0.1) is 5.82 Å². The molecule has 0 radical (unpaired) electrons. The van der Waals surface area contributed by atoms with Gasteiger partial charge in [0.2, 0.25) is 0 Å². The lowest BCUT2D eigenvalue weighted by Gasteiger charge is -2.37. The van der Waals surface area contributed by atoms with Crippen molar-refractivity contribution in [3.05, 3.63) is 35.6 Å². The fourth-order valence-corrected chi connectivity index (χ4v) is 3.28. The maximum Gasteiger partial charge on any atom is 0.128 e. The first kappa shape index (κ1) is 15.5. The molecule has 1 fully saturated rings. The third-order valence-electron chi connectivity index (χ3n) is 4.60. The average molecular weight is 279 g/mol. The van der Waals surface area contributed by atoms with E-state index < -0.39 is 5.54 Å². The molecule has 1 aliphatic carbocycles. The fraction of sp³-hybridized carbons (Fsp3) is 0.647. The number of halogens is 1. The second-order valence-corrected chi connectivity index (χ2v) is 5.91. The summed E-state index contributed by atoms with van der Waals surface area (Å²) in [6.07, 6.45) is 7.94. The molecule has 1 saturated carbocycles. The zero-order chi connectivity index (χ0) is 14.4. The normalized spacial score (nSPS) is 20.4. The van der Waals surface area contributed by atoms with Crippen LogP contribution in [0.25, 0.3) is 0 Å². The van der Waals surface area contributed by atoms with Crippen molar-refractivity contribution in [1.82, 2.24) is 5.32 Å². The first-order chi connectivity index (χ1) is 9.72. The van der Waals surface area contributed by atoms with Crippen molar-refractivity contribution >= 4 is 0 Å². The Hall–Kier alpha value is -0.930. The summed E-state index contributed by atoms with van der Waals surface area (Å²) in [5.41, 5.74) is -0.0605. The number of aliphatic hydroxyl groups excluding tert-OH is 1. The second kappa shape index (κ2) is 7.19. The quantitative estimate of drug-likeness (QED) is 0.805. The van der Waals surface area contributed by atoms with Crippen LogP contribution in [0.2, 0.25) is 0 Å². The molecule has 0 aliphatic heterocycles. The molecular formula is C17H26FNO. The highest BCUT2D eigenvalue weighted by molar-refractivity contribution is 5.26. The van der Waals surface area contributed by atoms with Crippen molar-refractivity contribution < 1.29 is 9.50 Å². The summed E-state index contributed by atoms with van der Waals surface area (Å²) in [6, 6.07) is 7.18. The molecule has 1 atom stereocenters. The first-order valence-corrected chi connectivity index (χ1v) is 7.85. The van der Waals surface area contributed by atoms with Crippen LogP contribution in [-0.4, -0.2) is 17.8 Å². The number of rotatable bonds is 5. The predicted molar refractivity (Wildman–Crippen MR) is 80.1 cm³/mol. The van der Waals surface area contributed by atoms with E-state index in [1.54, 1.807) is 12.1 Å². The van der Waals surface area contributed by atoms with Crippen molar-refractivity contribution in [3.63, 3.8) is 0 Å². The van der Waals surface area contributed by atoms with E-state index in [1.165, 1.54) is 31.7 Å². The molecule has 2 rings (SSSR count). The van der Waals surface area contributed by atoms with E-state index in [-0.39, 0.29) is 12.4 Å². The predicted octanol–water partition coefficient (Wildman–Crippen LogP) is 3.74. The maximum absolute atomic E-state index is 14.1. The summed E-state index contributed by atoms with van der Waals surface area (Å²) < 4.78 is 14.1. The molecule has 1 aromatic carbocycles. The van der Waals surface area contributed by atoms with Crippen LogP contribution in [0.4, 0.5) is 4.39 Å². The molecular weight excluding hydrogens is 253 g/mol. The van der Waals surface area contributed by atoms with Gasteiger partial charge < -0.3 is 10.4 Å². The number of benzene rings is 1.